The summed E-state index contributed by atoms with van der Waals surface area (Å²) in [5.74, 6) is 0. The molecule has 0 unspecified atom stereocenters. The van der Waals surface area contributed by atoms with Gasteiger partial charge in [-0.05, 0) is 0 Å². The molecule has 60 valence electrons. The van der Waals surface area contributed by atoms with Gasteiger partial charge in [-0.1, -0.05) is 0 Å². The Hall–Kier alpha value is 0.460. The molecule has 0 radical (unpaired) electrons. The molecule has 1 heterocycles. The van der Waals surface area contributed by atoms with Crippen LogP contribution < -0.4 is 5.32 Å². The molecule has 0 bridgehead atoms. The first-order valence-electron chi connectivity index (χ1n) is 2.28. The van der Waals surface area contributed by atoms with Crippen molar-refractivity contribution in [2.45, 2.75) is 0 Å². The first-order valence-corrected chi connectivity index (χ1v) is 2.28. The molecule has 0 aromatic rings. The van der Waals surface area contributed by atoms with Crippen LogP contribution in [-0.2, 0) is 4.74 Å². The molecule has 1 saturated heterocycles. The molecule has 3 nitrogen and oxygen atoms in total. The molecule has 1 fully saturated rings. The molecule has 0 spiro atoms. The number of morpholine rings is 1. The fourth-order valence-electron chi connectivity index (χ4n) is 0.516. The van der Waals surface area contributed by atoms with Crippen molar-refractivity contribution in [3.05, 3.63) is 0 Å². The van der Waals surface area contributed by atoms with Crippen LogP contribution in [0.4, 0.5) is 0 Å². The predicted octanol–water partition coefficient (Wildman–Crippen LogP) is -0.375. The van der Waals surface area contributed by atoms with Crippen molar-refractivity contribution < 1.29 is 10.2 Å². The van der Waals surface area contributed by atoms with Crippen molar-refractivity contribution in [1.82, 2.24) is 5.32 Å². The molecule has 0 aromatic heterocycles. The van der Waals surface area contributed by atoms with Crippen LogP contribution in [-0.4, -0.2) is 31.8 Å². The van der Waals surface area contributed by atoms with Crippen molar-refractivity contribution in [2.75, 3.05) is 26.3 Å². The summed E-state index contributed by atoms with van der Waals surface area (Å²) in [5, 5.41) is 3.16. The second-order valence-electron chi connectivity index (χ2n) is 1.36. The monoisotopic (exact) mass is 177 g/mol. The van der Waals surface area contributed by atoms with Crippen molar-refractivity contribution >= 4 is 24.8 Å². The van der Waals surface area contributed by atoms with E-state index in [1.165, 1.54) is 0 Å². The summed E-state index contributed by atoms with van der Waals surface area (Å²) < 4.78 is 5.01. The number of halogens is 2. The van der Waals surface area contributed by atoms with Crippen molar-refractivity contribution in [1.29, 1.82) is 0 Å². The molecule has 1 aliphatic heterocycles. The summed E-state index contributed by atoms with van der Waals surface area (Å²) in [6, 6.07) is 0. The standard InChI is InChI=1S/C4H9NO.2ClH.H2O/c1-3-6-4-2-5-1;;;/h5H,1-4H2;2*1H;1H2. The normalized spacial score (nSPS) is 16.0. The number of rotatable bonds is 0. The highest BCUT2D eigenvalue weighted by Gasteiger charge is 1.92. The summed E-state index contributed by atoms with van der Waals surface area (Å²) in [6.07, 6.45) is 0. The lowest BCUT2D eigenvalue weighted by Gasteiger charge is -2.10. The second-order valence-corrected chi connectivity index (χ2v) is 1.36. The van der Waals surface area contributed by atoms with E-state index in [1.807, 2.05) is 0 Å². The van der Waals surface area contributed by atoms with E-state index in [-0.39, 0.29) is 30.3 Å². The summed E-state index contributed by atoms with van der Waals surface area (Å²) in [5.41, 5.74) is 0. The zero-order chi connectivity index (χ0) is 4.24. The van der Waals surface area contributed by atoms with Gasteiger partial charge in [-0.2, -0.15) is 0 Å². The SMILES string of the molecule is C1COCCN1.Cl.Cl.O. The lowest BCUT2D eigenvalue weighted by Crippen LogP contribution is -2.30. The van der Waals surface area contributed by atoms with Gasteiger partial charge in [0.15, 0.2) is 0 Å². The fourth-order valence-corrected chi connectivity index (χ4v) is 0.516. The van der Waals surface area contributed by atoms with Crippen LogP contribution in [0.3, 0.4) is 0 Å². The maximum atomic E-state index is 5.01. The van der Waals surface area contributed by atoms with Crippen molar-refractivity contribution in [2.24, 2.45) is 0 Å². The van der Waals surface area contributed by atoms with Crippen LogP contribution in [0.25, 0.3) is 0 Å². The highest BCUT2D eigenvalue weighted by Crippen LogP contribution is 1.76. The largest absolute Gasteiger partial charge is 0.412 e. The molecular formula is C4H13Cl2NO2. The number of ether oxygens (including phenoxy) is 1. The third-order valence-electron chi connectivity index (χ3n) is 0.846. The predicted molar refractivity (Wildman–Crippen MR) is 41.8 cm³/mol. The Bertz CT molecular complexity index is 32.0. The zero-order valence-electron chi connectivity index (χ0n) is 5.05. The Morgan fingerprint density at radius 1 is 1.00 bits per heavy atom. The summed E-state index contributed by atoms with van der Waals surface area (Å²) in [6.45, 7) is 3.83. The van der Waals surface area contributed by atoms with E-state index in [0.29, 0.717) is 0 Å². The van der Waals surface area contributed by atoms with Crippen LogP contribution in [0.1, 0.15) is 0 Å². The molecular weight excluding hydrogens is 165 g/mol. The van der Waals surface area contributed by atoms with Crippen molar-refractivity contribution in [3.8, 4) is 0 Å². The highest BCUT2D eigenvalue weighted by atomic mass is 35.5. The van der Waals surface area contributed by atoms with Crippen LogP contribution >= 0.6 is 24.8 Å². The fraction of sp³-hybridized carbons (Fsp3) is 1.00. The Morgan fingerprint density at radius 2 is 1.44 bits per heavy atom. The second kappa shape index (κ2) is 11.3. The maximum absolute atomic E-state index is 5.01. The quantitative estimate of drug-likeness (QED) is 0.549. The van der Waals surface area contributed by atoms with Crippen molar-refractivity contribution in [3.63, 3.8) is 0 Å². The van der Waals surface area contributed by atoms with Gasteiger partial charge < -0.3 is 15.5 Å². The van der Waals surface area contributed by atoms with Crippen LogP contribution in [0, 0.1) is 0 Å². The van der Waals surface area contributed by atoms with E-state index in [1.54, 1.807) is 0 Å². The minimum atomic E-state index is 0. The molecule has 9 heavy (non-hydrogen) atoms. The third kappa shape index (κ3) is 8.46. The number of nitrogens with one attached hydrogen (secondary N) is 1. The average Bonchev–Trinajstić information content (AvgIpc) is 1.72. The summed E-state index contributed by atoms with van der Waals surface area (Å²) >= 11 is 0. The van der Waals surface area contributed by atoms with Crippen LogP contribution in [0.2, 0.25) is 0 Å². The summed E-state index contributed by atoms with van der Waals surface area (Å²) in [7, 11) is 0. The lowest BCUT2D eigenvalue weighted by molar-refractivity contribution is 0.109. The zero-order valence-corrected chi connectivity index (χ0v) is 6.69. The van der Waals surface area contributed by atoms with E-state index in [4.69, 9.17) is 4.74 Å². The third-order valence-corrected chi connectivity index (χ3v) is 0.846. The van der Waals surface area contributed by atoms with Gasteiger partial charge in [0, 0.05) is 13.1 Å². The van der Waals surface area contributed by atoms with E-state index >= 15 is 0 Å². The minimum absolute atomic E-state index is 0. The van der Waals surface area contributed by atoms with E-state index in [2.05, 4.69) is 5.32 Å². The molecule has 1 aliphatic rings. The molecule has 1 rings (SSSR count). The summed E-state index contributed by atoms with van der Waals surface area (Å²) in [4.78, 5) is 0. The van der Waals surface area contributed by atoms with Gasteiger partial charge in [0.1, 0.15) is 0 Å². The molecule has 0 atom stereocenters. The van der Waals surface area contributed by atoms with Gasteiger partial charge in [-0.25, -0.2) is 0 Å². The topological polar surface area (TPSA) is 52.8 Å². The van der Waals surface area contributed by atoms with Gasteiger partial charge in [-0.15, -0.1) is 24.8 Å². The smallest absolute Gasteiger partial charge is 0.0591 e. The van der Waals surface area contributed by atoms with Gasteiger partial charge in [-0.3, -0.25) is 0 Å². The maximum Gasteiger partial charge on any atom is 0.0591 e. The van der Waals surface area contributed by atoms with Gasteiger partial charge >= 0.3 is 0 Å². The molecule has 0 aromatic carbocycles. The average molecular weight is 178 g/mol. The van der Waals surface area contributed by atoms with Gasteiger partial charge in [0.25, 0.3) is 0 Å². The number of hydrogen-bond acceptors (Lipinski definition) is 2. The molecule has 0 saturated carbocycles. The molecule has 0 aliphatic carbocycles. The van der Waals surface area contributed by atoms with Crippen LogP contribution in [0.15, 0.2) is 0 Å². The van der Waals surface area contributed by atoms with Gasteiger partial charge in [0.2, 0.25) is 0 Å². The Labute approximate surface area is 67.3 Å². The van der Waals surface area contributed by atoms with E-state index < -0.39 is 0 Å². The van der Waals surface area contributed by atoms with Gasteiger partial charge in [0.05, 0.1) is 13.2 Å². The molecule has 0 amide bonds. The first-order chi connectivity index (χ1) is 3.00. The molecule has 5 heteroatoms. The molecule has 3 N–H and O–H groups in total. The Kier molecular flexibility index (Phi) is 20.3. The van der Waals surface area contributed by atoms with E-state index in [9.17, 15) is 0 Å². The Balaban J connectivity index is -0.000000120. The van der Waals surface area contributed by atoms with Crippen LogP contribution in [0.5, 0.6) is 0 Å². The minimum Gasteiger partial charge on any atom is -0.412 e. The Morgan fingerprint density at radius 3 is 1.56 bits per heavy atom. The lowest BCUT2D eigenvalue weighted by atomic mass is 10.5. The van der Waals surface area contributed by atoms with E-state index in [0.717, 1.165) is 26.3 Å². The first kappa shape index (κ1) is 16.2. The number of hydrogen-bond donors (Lipinski definition) is 1. The highest BCUT2D eigenvalue weighted by molar-refractivity contribution is 5.85.